The lowest BCUT2D eigenvalue weighted by molar-refractivity contribution is 0.529. The first kappa shape index (κ1) is 83.3. The zero-order chi connectivity index (χ0) is 67.5. The Hall–Kier alpha value is -3.40. The van der Waals surface area contributed by atoms with Gasteiger partial charge in [0.05, 0.1) is 22.8 Å². The maximum absolute atomic E-state index is 5.71. The van der Waals surface area contributed by atoms with Crippen molar-refractivity contribution in [1.29, 1.82) is 0 Å². The monoisotopic (exact) mass is 1320 g/mol. The van der Waals surface area contributed by atoms with Crippen LogP contribution in [-0.4, -0.2) is 19.9 Å². The molecule has 5 heterocycles. The summed E-state index contributed by atoms with van der Waals surface area (Å²) in [7, 11) is 0. The second-order valence-electron chi connectivity index (χ2n) is 31.1. The molecule has 0 unspecified atom stereocenters. The van der Waals surface area contributed by atoms with Crippen molar-refractivity contribution >= 4 is 46.4 Å². The van der Waals surface area contributed by atoms with Crippen LogP contribution in [0.1, 0.15) is 484 Å². The van der Waals surface area contributed by atoms with Crippen LogP contribution in [-0.2, 0) is 25.7 Å². The number of nitrogens with one attached hydrogen (secondary N) is 2. The minimum Gasteiger partial charge on any atom is -0.355 e. The number of aryl methyl sites for hydroxylation is 4. The molecule has 0 aromatic carbocycles. The third-order valence-electron chi connectivity index (χ3n) is 22.3. The Morgan fingerprint density at radius 2 is 0.302 bits per heavy atom. The number of rotatable bonds is 68. The molecule has 0 fully saturated rings. The standard InChI is InChI=1S/C92H158N4/c1-5-9-13-17-21-25-29-33-37-41-45-49-53-57-61-65-69-81-85-73-75-87(93-85)82(70-66-62-58-54-50-46-42-38-34-30-26-22-18-14-10-6-2)89-77-79-91(95-89)84(72-68-64-60-56-52-48-44-40-36-32-28-24-20-16-12-8-4)92-80-78-90(96-92)83(88-76-74-86(81)94-88)71-67-63-59-55-51-47-43-39-35-31-27-23-19-15-11-7-3/h73-80,93,96H,5-72H2,1-4H3. The minimum absolute atomic E-state index is 1.06. The summed E-state index contributed by atoms with van der Waals surface area (Å²) in [6.07, 6.45) is 103. The molecular formula is C92H158N4. The van der Waals surface area contributed by atoms with Gasteiger partial charge in [-0.1, -0.05) is 413 Å². The maximum Gasteiger partial charge on any atom is 0.0690 e. The van der Waals surface area contributed by atoms with Crippen molar-refractivity contribution in [2.24, 2.45) is 0 Å². The number of nitrogens with zero attached hydrogens (tertiary/aromatic N) is 2. The van der Waals surface area contributed by atoms with Gasteiger partial charge in [-0.05, 0) is 99.9 Å². The van der Waals surface area contributed by atoms with E-state index in [0.29, 0.717) is 0 Å². The van der Waals surface area contributed by atoms with Crippen LogP contribution in [0.5, 0.6) is 0 Å². The summed E-state index contributed by atoms with van der Waals surface area (Å²) >= 11 is 0. The fraction of sp³-hybridized carbons (Fsp3) is 0.783. The smallest absolute Gasteiger partial charge is 0.0690 e. The van der Waals surface area contributed by atoms with Crippen LogP contribution in [0.4, 0.5) is 0 Å². The molecule has 5 rings (SSSR count). The van der Waals surface area contributed by atoms with Gasteiger partial charge in [0.15, 0.2) is 0 Å². The van der Waals surface area contributed by atoms with Crippen LogP contribution in [0, 0.1) is 0 Å². The number of unbranched alkanes of at least 4 members (excludes halogenated alkanes) is 60. The molecule has 0 saturated heterocycles. The number of H-pyrrole nitrogens is 2. The first-order valence-electron chi connectivity index (χ1n) is 43.8. The molecule has 546 valence electrons. The first-order valence-corrected chi connectivity index (χ1v) is 43.8. The van der Waals surface area contributed by atoms with E-state index in [0.717, 1.165) is 25.7 Å². The fourth-order valence-corrected chi connectivity index (χ4v) is 15.9. The van der Waals surface area contributed by atoms with E-state index in [4.69, 9.17) is 9.97 Å². The minimum atomic E-state index is 1.06. The van der Waals surface area contributed by atoms with Gasteiger partial charge >= 0.3 is 0 Å². The lowest BCUT2D eigenvalue weighted by Crippen LogP contribution is -1.96. The van der Waals surface area contributed by atoms with Crippen molar-refractivity contribution in [3.05, 3.63) is 69.3 Å². The molecule has 0 aliphatic carbocycles. The predicted molar refractivity (Wildman–Crippen MR) is 432 cm³/mol. The molecule has 4 nitrogen and oxygen atoms in total. The summed E-state index contributed by atoms with van der Waals surface area (Å²) in [5.41, 5.74) is 15.3. The van der Waals surface area contributed by atoms with E-state index >= 15 is 0 Å². The highest BCUT2D eigenvalue weighted by Crippen LogP contribution is 2.31. The summed E-state index contributed by atoms with van der Waals surface area (Å²) in [6, 6.07) is 9.64. The molecule has 4 heteroatoms. The Bertz CT molecular complexity index is 2180. The number of hydrogen-bond acceptors (Lipinski definition) is 2. The highest BCUT2D eigenvalue weighted by molar-refractivity contribution is 5.83. The van der Waals surface area contributed by atoms with E-state index in [1.807, 2.05) is 0 Å². The van der Waals surface area contributed by atoms with Crippen molar-refractivity contribution in [2.75, 3.05) is 0 Å². The lowest BCUT2D eigenvalue weighted by Gasteiger charge is -2.07. The molecule has 96 heavy (non-hydrogen) atoms. The zero-order valence-electron chi connectivity index (χ0n) is 64.6. The molecule has 2 aliphatic heterocycles. The number of aromatic amines is 2. The summed E-state index contributed by atoms with van der Waals surface area (Å²) in [5.74, 6) is 0. The molecule has 0 spiro atoms. The predicted octanol–water partition coefficient (Wildman–Crippen LogP) is 31.9. The largest absolute Gasteiger partial charge is 0.355 e. The number of hydrogen-bond donors (Lipinski definition) is 2. The van der Waals surface area contributed by atoms with Gasteiger partial charge in [0.1, 0.15) is 0 Å². The van der Waals surface area contributed by atoms with E-state index < -0.39 is 0 Å². The normalized spacial score (nSPS) is 12.2. The van der Waals surface area contributed by atoms with E-state index in [-0.39, 0.29) is 0 Å². The molecule has 0 amide bonds. The Labute approximate surface area is 596 Å². The average Bonchev–Trinajstić information content (AvgIpc) is 2.16. The summed E-state index contributed by atoms with van der Waals surface area (Å²) < 4.78 is 0. The van der Waals surface area contributed by atoms with Crippen molar-refractivity contribution < 1.29 is 0 Å². The van der Waals surface area contributed by atoms with Crippen LogP contribution in [0.25, 0.3) is 46.4 Å². The highest BCUT2D eigenvalue weighted by Gasteiger charge is 2.17. The molecule has 2 aliphatic rings. The van der Waals surface area contributed by atoms with Crippen LogP contribution < -0.4 is 0 Å². The number of fused-ring (bicyclic) bond motifs is 8. The molecule has 3 aromatic rings. The third kappa shape index (κ3) is 39.0. The van der Waals surface area contributed by atoms with Crippen molar-refractivity contribution in [2.45, 2.75) is 464 Å². The molecular weight excluding hydrogens is 1160 g/mol. The van der Waals surface area contributed by atoms with Crippen LogP contribution >= 0.6 is 0 Å². The van der Waals surface area contributed by atoms with Gasteiger partial charge in [0, 0.05) is 44.3 Å². The van der Waals surface area contributed by atoms with Gasteiger partial charge in [0.25, 0.3) is 0 Å². The van der Waals surface area contributed by atoms with Crippen LogP contribution in [0.2, 0.25) is 0 Å². The van der Waals surface area contributed by atoms with Gasteiger partial charge in [-0.2, -0.15) is 0 Å². The quantitative estimate of drug-likeness (QED) is 0.0381. The van der Waals surface area contributed by atoms with Crippen LogP contribution in [0.3, 0.4) is 0 Å². The Morgan fingerprint density at radius 1 is 0.177 bits per heavy atom. The number of aromatic nitrogens is 4. The Kier molecular flexibility index (Phi) is 51.4. The summed E-state index contributed by atoms with van der Waals surface area (Å²) in [5, 5.41) is 0. The van der Waals surface area contributed by atoms with Gasteiger partial charge in [-0.3, -0.25) is 0 Å². The summed E-state index contributed by atoms with van der Waals surface area (Å²) in [6.45, 7) is 9.29. The van der Waals surface area contributed by atoms with Crippen molar-refractivity contribution in [3.8, 4) is 0 Å². The van der Waals surface area contributed by atoms with Crippen LogP contribution in [0.15, 0.2) is 24.3 Å². The Morgan fingerprint density at radius 3 is 0.438 bits per heavy atom. The maximum atomic E-state index is 5.71. The van der Waals surface area contributed by atoms with Crippen molar-refractivity contribution in [1.82, 2.24) is 19.9 Å². The van der Waals surface area contributed by atoms with E-state index in [9.17, 15) is 0 Å². The summed E-state index contributed by atoms with van der Waals surface area (Å²) in [4.78, 5) is 19.7. The van der Waals surface area contributed by atoms with Gasteiger partial charge < -0.3 is 9.97 Å². The van der Waals surface area contributed by atoms with E-state index in [1.165, 1.54) is 478 Å². The second kappa shape index (κ2) is 59.3. The lowest BCUT2D eigenvalue weighted by atomic mass is 10.0. The molecule has 0 atom stereocenters. The Balaban J connectivity index is 1.30. The molecule has 3 aromatic heterocycles. The van der Waals surface area contributed by atoms with Gasteiger partial charge in [-0.25, -0.2) is 9.97 Å². The SMILES string of the molecule is CCCCCCCCCCCCCCCCCCc1c2nc(c(CCCCCCCCCCCCCCCCCC)c3ccc([nH]3)c(CCCCCCCCCCCCCCCCCC)c3nc(c(CCCCCCCCCCCCCCCCCC)c4ccc1[nH]4)C=C3)C=C2. The zero-order valence-corrected chi connectivity index (χ0v) is 64.6. The van der Waals surface area contributed by atoms with Crippen molar-refractivity contribution in [3.63, 3.8) is 0 Å². The van der Waals surface area contributed by atoms with E-state index in [2.05, 4.69) is 86.2 Å². The molecule has 0 radical (unpaired) electrons. The van der Waals surface area contributed by atoms with Gasteiger partial charge in [-0.15, -0.1) is 0 Å². The van der Waals surface area contributed by atoms with E-state index in [1.54, 1.807) is 0 Å². The molecule has 0 saturated carbocycles. The highest BCUT2D eigenvalue weighted by atomic mass is 14.8. The fourth-order valence-electron chi connectivity index (χ4n) is 15.9. The average molecular weight is 1320 g/mol. The first-order chi connectivity index (χ1) is 47.7. The third-order valence-corrected chi connectivity index (χ3v) is 22.3. The van der Waals surface area contributed by atoms with Gasteiger partial charge in [0.2, 0.25) is 0 Å². The molecule has 8 bridgehead atoms. The topological polar surface area (TPSA) is 57.4 Å². The molecule has 2 N–H and O–H groups in total. The second-order valence-corrected chi connectivity index (χ2v) is 31.1.